The van der Waals surface area contributed by atoms with Crippen LogP contribution in [0.15, 0.2) is 17.0 Å². The molecule has 88 valence electrons. The molecule has 2 rings (SSSR count). The molecule has 0 atom stereocenters. The maximum Gasteiger partial charge on any atom is 0.385 e. The molecule has 0 saturated heterocycles. The summed E-state index contributed by atoms with van der Waals surface area (Å²) in [6.45, 7) is 1.80. The summed E-state index contributed by atoms with van der Waals surface area (Å²) in [7, 11) is 1.14. The lowest BCUT2D eigenvalue weighted by Crippen LogP contribution is -2.16. The molecule has 0 aromatic carbocycles. The van der Waals surface area contributed by atoms with Crippen LogP contribution < -0.4 is 0 Å². The van der Waals surface area contributed by atoms with E-state index in [9.17, 15) is 14.4 Å². The average molecular weight is 252 g/mol. The third kappa shape index (κ3) is 1.76. The van der Waals surface area contributed by atoms with Crippen molar-refractivity contribution in [2.24, 2.45) is 0 Å². The maximum absolute atomic E-state index is 11.5. The highest BCUT2D eigenvalue weighted by molar-refractivity contribution is 7.11. The minimum absolute atomic E-state index is 0.000602. The number of rotatable bonds is 2. The predicted molar refractivity (Wildman–Crippen MR) is 59.1 cm³/mol. The number of hydrogen-bond acceptors (Lipinski definition) is 6. The third-order valence-electron chi connectivity index (χ3n) is 2.29. The molecular weight excluding hydrogens is 244 g/mol. The van der Waals surface area contributed by atoms with Gasteiger partial charge in [-0.15, -0.1) is 11.3 Å². The Morgan fingerprint density at radius 1 is 1.41 bits per heavy atom. The van der Waals surface area contributed by atoms with E-state index in [1.54, 1.807) is 18.4 Å². The molecule has 0 saturated carbocycles. The summed E-state index contributed by atoms with van der Waals surface area (Å²) in [6, 6.07) is 1.80. The summed E-state index contributed by atoms with van der Waals surface area (Å²) in [6.07, 6.45) is 0. The average Bonchev–Trinajstić information content (AvgIpc) is 2.84. The molecule has 0 bridgehead atoms. The number of hydrogen-bond donors (Lipinski definition) is 0. The zero-order valence-electron chi connectivity index (χ0n) is 9.10. The van der Waals surface area contributed by atoms with Gasteiger partial charge in [0.1, 0.15) is 0 Å². The van der Waals surface area contributed by atoms with Crippen molar-refractivity contribution in [2.75, 3.05) is 7.11 Å². The van der Waals surface area contributed by atoms with Crippen LogP contribution in [-0.4, -0.2) is 24.8 Å². The highest BCUT2D eigenvalue weighted by Crippen LogP contribution is 2.33. The first-order chi connectivity index (χ1) is 8.06. The summed E-state index contributed by atoms with van der Waals surface area (Å²) >= 11 is 1.29. The van der Waals surface area contributed by atoms with Gasteiger partial charge in [-0.05, 0) is 23.9 Å². The molecule has 0 N–H and O–H groups in total. The maximum atomic E-state index is 11.5. The summed E-state index contributed by atoms with van der Waals surface area (Å²) in [5, 5.41) is 1.78. The van der Waals surface area contributed by atoms with Crippen molar-refractivity contribution >= 4 is 34.8 Å². The number of aryl methyl sites for hydroxylation is 1. The van der Waals surface area contributed by atoms with Crippen molar-refractivity contribution in [3.63, 3.8) is 0 Å². The number of thiophene rings is 1. The molecule has 0 unspecified atom stereocenters. The van der Waals surface area contributed by atoms with Gasteiger partial charge in [0.25, 0.3) is 5.78 Å². The van der Waals surface area contributed by atoms with Crippen LogP contribution in [0.3, 0.4) is 0 Å². The number of cyclic esters (lactones) is 1. The Morgan fingerprint density at radius 2 is 2.12 bits per heavy atom. The Balaban J connectivity index is 2.59. The molecule has 0 radical (unpaired) electrons. The van der Waals surface area contributed by atoms with Gasteiger partial charge in [0.15, 0.2) is 11.3 Å². The van der Waals surface area contributed by atoms with Crippen LogP contribution in [0.25, 0.3) is 5.76 Å². The first-order valence-corrected chi connectivity index (χ1v) is 5.57. The van der Waals surface area contributed by atoms with Crippen LogP contribution >= 0.6 is 11.3 Å². The summed E-state index contributed by atoms with van der Waals surface area (Å²) in [5.41, 5.74) is 0.497. The van der Waals surface area contributed by atoms with Crippen LogP contribution in [0, 0.1) is 6.92 Å². The van der Waals surface area contributed by atoms with Crippen LogP contribution in [-0.2, 0) is 23.9 Å². The van der Waals surface area contributed by atoms with E-state index in [4.69, 9.17) is 4.74 Å². The van der Waals surface area contributed by atoms with E-state index < -0.39 is 17.7 Å². The topological polar surface area (TPSA) is 69.7 Å². The van der Waals surface area contributed by atoms with Crippen molar-refractivity contribution < 1.29 is 23.9 Å². The number of methoxy groups -OCH3 is 1. The highest BCUT2D eigenvalue weighted by atomic mass is 32.1. The SMILES string of the molecule is COC(=O)C1=C(c2sccc2C)OC(=O)C1=O. The number of ketones is 1. The molecule has 0 spiro atoms. The fraction of sp³-hybridized carbons (Fsp3) is 0.182. The largest absolute Gasteiger partial charge is 0.465 e. The van der Waals surface area contributed by atoms with Crippen LogP contribution in [0.5, 0.6) is 0 Å². The van der Waals surface area contributed by atoms with Gasteiger partial charge in [-0.25, -0.2) is 9.59 Å². The lowest BCUT2D eigenvalue weighted by molar-refractivity contribution is -0.146. The van der Waals surface area contributed by atoms with Gasteiger partial charge in [-0.2, -0.15) is 0 Å². The summed E-state index contributed by atoms with van der Waals surface area (Å²) in [5.74, 6) is -2.86. The molecule has 6 heteroatoms. The quantitative estimate of drug-likeness (QED) is 0.447. The van der Waals surface area contributed by atoms with Crippen molar-refractivity contribution in [1.82, 2.24) is 0 Å². The second-order valence-electron chi connectivity index (χ2n) is 3.35. The molecule has 1 aromatic rings. The van der Waals surface area contributed by atoms with Gasteiger partial charge >= 0.3 is 11.9 Å². The van der Waals surface area contributed by atoms with E-state index in [1.807, 2.05) is 0 Å². The second kappa shape index (κ2) is 4.14. The monoisotopic (exact) mass is 252 g/mol. The van der Waals surface area contributed by atoms with Crippen LogP contribution in [0.1, 0.15) is 10.4 Å². The van der Waals surface area contributed by atoms with Gasteiger partial charge in [0, 0.05) is 0 Å². The van der Waals surface area contributed by atoms with Gasteiger partial charge in [0.2, 0.25) is 0 Å². The number of carbonyl (C=O) groups excluding carboxylic acids is 3. The second-order valence-corrected chi connectivity index (χ2v) is 4.26. The number of carbonyl (C=O) groups is 3. The van der Waals surface area contributed by atoms with Gasteiger partial charge in [-0.1, -0.05) is 0 Å². The molecule has 0 amide bonds. The first-order valence-electron chi connectivity index (χ1n) is 4.69. The number of Topliss-reactive ketones (excluding diaryl/α,β-unsaturated/α-hetero) is 1. The van der Waals surface area contributed by atoms with E-state index in [2.05, 4.69) is 4.74 Å². The predicted octanol–water partition coefficient (Wildman–Crippen LogP) is 1.07. The molecule has 17 heavy (non-hydrogen) atoms. The van der Waals surface area contributed by atoms with Crippen LogP contribution in [0.4, 0.5) is 0 Å². The minimum Gasteiger partial charge on any atom is -0.465 e. The number of esters is 2. The van der Waals surface area contributed by atoms with Gasteiger partial charge in [0.05, 0.1) is 12.0 Å². The molecule has 1 aliphatic heterocycles. The van der Waals surface area contributed by atoms with Crippen LogP contribution in [0.2, 0.25) is 0 Å². The van der Waals surface area contributed by atoms with Crippen molar-refractivity contribution in [3.05, 3.63) is 27.5 Å². The Hall–Kier alpha value is -1.95. The van der Waals surface area contributed by atoms with Crippen molar-refractivity contribution in [1.29, 1.82) is 0 Å². The smallest absolute Gasteiger partial charge is 0.385 e. The zero-order chi connectivity index (χ0) is 12.6. The summed E-state index contributed by atoms with van der Waals surface area (Å²) < 4.78 is 9.31. The zero-order valence-corrected chi connectivity index (χ0v) is 9.92. The lowest BCUT2D eigenvalue weighted by atomic mass is 10.1. The van der Waals surface area contributed by atoms with E-state index in [0.717, 1.165) is 12.7 Å². The molecular formula is C11H8O5S. The number of ether oxygens (including phenoxy) is 2. The van der Waals surface area contributed by atoms with Gasteiger partial charge in [-0.3, -0.25) is 4.79 Å². The third-order valence-corrected chi connectivity index (χ3v) is 3.31. The van der Waals surface area contributed by atoms with E-state index in [1.165, 1.54) is 11.3 Å². The molecule has 2 heterocycles. The standard InChI is InChI=1S/C11H8O5S/c1-5-3-4-17-9(5)8-6(10(13)15-2)7(12)11(14)16-8/h3-4H,1-2H3. The minimum atomic E-state index is -1.05. The Labute approximate surface area is 101 Å². The molecule has 0 fully saturated rings. The Bertz CT molecular complexity index is 552. The van der Waals surface area contributed by atoms with Crippen molar-refractivity contribution in [3.8, 4) is 0 Å². The highest BCUT2D eigenvalue weighted by Gasteiger charge is 2.40. The van der Waals surface area contributed by atoms with Gasteiger partial charge < -0.3 is 9.47 Å². The summed E-state index contributed by atoms with van der Waals surface area (Å²) in [4.78, 5) is 34.7. The van der Waals surface area contributed by atoms with E-state index >= 15 is 0 Å². The fourth-order valence-corrected chi connectivity index (χ4v) is 2.36. The van der Waals surface area contributed by atoms with Crippen molar-refractivity contribution in [2.45, 2.75) is 6.92 Å². The fourth-order valence-electron chi connectivity index (χ4n) is 1.45. The molecule has 5 nitrogen and oxygen atoms in total. The first kappa shape index (κ1) is 11.5. The van der Waals surface area contributed by atoms with E-state index in [0.29, 0.717) is 4.88 Å². The normalized spacial score (nSPS) is 15.2. The lowest BCUT2D eigenvalue weighted by Gasteiger charge is -2.01. The molecule has 1 aromatic heterocycles. The molecule has 1 aliphatic rings. The van der Waals surface area contributed by atoms with E-state index in [-0.39, 0.29) is 11.3 Å². The Kier molecular flexibility index (Phi) is 2.81. The Morgan fingerprint density at radius 3 is 2.65 bits per heavy atom. The molecule has 0 aliphatic carbocycles.